The first-order valence-electron chi connectivity index (χ1n) is 8.97. The second-order valence-electron chi connectivity index (χ2n) is 6.79. The van der Waals surface area contributed by atoms with Crippen LogP contribution in [0.25, 0.3) is 0 Å². The second kappa shape index (κ2) is 8.49. The molecule has 0 amide bonds. The van der Waals surface area contributed by atoms with E-state index in [4.69, 9.17) is 9.73 Å². The van der Waals surface area contributed by atoms with Gasteiger partial charge < -0.3 is 15.0 Å². The van der Waals surface area contributed by atoms with Crippen molar-refractivity contribution in [3.8, 4) is 0 Å². The molecule has 140 valence electrons. The number of sulfonamides is 1. The third-order valence-electron chi connectivity index (χ3n) is 4.99. The van der Waals surface area contributed by atoms with E-state index < -0.39 is 10.0 Å². The Hall–Kier alpha value is -0.860. The fraction of sp³-hybridized carbons (Fsp3) is 0.938. The summed E-state index contributed by atoms with van der Waals surface area (Å²) in [6.45, 7) is 9.47. The zero-order chi connectivity index (χ0) is 17.6. The molecular formula is C16H32N4O3S. The Morgan fingerprint density at radius 2 is 2.17 bits per heavy atom. The molecule has 7 nitrogen and oxygen atoms in total. The lowest BCUT2D eigenvalue weighted by Gasteiger charge is -2.25. The van der Waals surface area contributed by atoms with E-state index in [-0.39, 0.29) is 5.75 Å². The first kappa shape index (κ1) is 19.5. The van der Waals surface area contributed by atoms with Gasteiger partial charge in [-0.3, -0.25) is 4.99 Å². The van der Waals surface area contributed by atoms with Gasteiger partial charge in [-0.05, 0) is 33.1 Å². The van der Waals surface area contributed by atoms with Crippen LogP contribution in [0, 0.1) is 5.41 Å². The molecule has 2 rings (SSSR count). The molecule has 2 heterocycles. The summed E-state index contributed by atoms with van der Waals surface area (Å²) in [5.41, 5.74) is 0.311. The van der Waals surface area contributed by atoms with Crippen LogP contribution in [0.2, 0.25) is 0 Å². The maximum Gasteiger partial charge on any atom is 0.213 e. The van der Waals surface area contributed by atoms with Gasteiger partial charge in [-0.2, -0.15) is 0 Å². The Bertz CT molecular complexity index is 529. The molecule has 8 heteroatoms. The molecule has 0 aromatic rings. The third-order valence-corrected chi connectivity index (χ3v) is 6.85. The Morgan fingerprint density at radius 1 is 1.38 bits per heavy atom. The number of rotatable bonds is 7. The summed E-state index contributed by atoms with van der Waals surface area (Å²) in [7, 11) is -1.46. The molecule has 2 aliphatic heterocycles. The Morgan fingerprint density at radius 3 is 2.79 bits per heavy atom. The van der Waals surface area contributed by atoms with E-state index in [1.165, 1.54) is 4.31 Å². The van der Waals surface area contributed by atoms with Gasteiger partial charge in [0.1, 0.15) is 0 Å². The van der Waals surface area contributed by atoms with E-state index in [1.807, 2.05) is 0 Å². The van der Waals surface area contributed by atoms with Crippen molar-refractivity contribution in [2.75, 3.05) is 58.7 Å². The minimum absolute atomic E-state index is 0.146. The van der Waals surface area contributed by atoms with Gasteiger partial charge in [0.15, 0.2) is 5.96 Å². The van der Waals surface area contributed by atoms with Gasteiger partial charge in [-0.1, -0.05) is 0 Å². The van der Waals surface area contributed by atoms with Crippen LogP contribution in [0.1, 0.15) is 33.1 Å². The van der Waals surface area contributed by atoms with E-state index in [0.717, 1.165) is 58.1 Å². The Labute approximate surface area is 146 Å². The van der Waals surface area contributed by atoms with Gasteiger partial charge in [0, 0.05) is 51.8 Å². The summed E-state index contributed by atoms with van der Waals surface area (Å²) < 4.78 is 30.5. The summed E-state index contributed by atoms with van der Waals surface area (Å²) >= 11 is 0. The minimum atomic E-state index is -3.10. The molecule has 0 aromatic carbocycles. The number of nitrogens with zero attached hydrogens (tertiary/aromatic N) is 3. The molecule has 0 saturated carbocycles. The molecular weight excluding hydrogens is 328 g/mol. The van der Waals surface area contributed by atoms with E-state index in [1.54, 1.807) is 14.0 Å². The van der Waals surface area contributed by atoms with Gasteiger partial charge in [-0.15, -0.1) is 0 Å². The number of aliphatic imine (C=N–C) groups is 1. The fourth-order valence-electron chi connectivity index (χ4n) is 3.35. The molecule has 1 N–H and O–H groups in total. The van der Waals surface area contributed by atoms with Gasteiger partial charge in [0.05, 0.1) is 12.4 Å². The maximum atomic E-state index is 11.7. The van der Waals surface area contributed by atoms with Gasteiger partial charge >= 0.3 is 0 Å². The molecule has 0 aromatic heterocycles. The lowest BCUT2D eigenvalue weighted by atomic mass is 9.87. The highest BCUT2D eigenvalue weighted by atomic mass is 32.2. The molecule has 24 heavy (non-hydrogen) atoms. The Kier molecular flexibility index (Phi) is 6.88. The highest BCUT2D eigenvalue weighted by Crippen LogP contribution is 2.38. The van der Waals surface area contributed by atoms with Crippen molar-refractivity contribution in [3.05, 3.63) is 0 Å². The maximum absolute atomic E-state index is 11.7. The third kappa shape index (κ3) is 4.83. The smallest absolute Gasteiger partial charge is 0.213 e. The lowest BCUT2D eigenvalue weighted by molar-refractivity contribution is 0.156. The average molecular weight is 361 g/mol. The molecule has 1 atom stereocenters. The van der Waals surface area contributed by atoms with Crippen molar-refractivity contribution >= 4 is 16.0 Å². The first-order valence-corrected chi connectivity index (χ1v) is 10.6. The zero-order valence-electron chi connectivity index (χ0n) is 15.3. The van der Waals surface area contributed by atoms with Crippen LogP contribution in [0.4, 0.5) is 0 Å². The highest BCUT2D eigenvalue weighted by Gasteiger charge is 2.42. The number of hydrogen-bond donors (Lipinski definition) is 1. The molecule has 0 aliphatic carbocycles. The van der Waals surface area contributed by atoms with Crippen molar-refractivity contribution in [1.29, 1.82) is 0 Å². The quantitative estimate of drug-likeness (QED) is 0.412. The summed E-state index contributed by atoms with van der Waals surface area (Å²) in [6, 6.07) is 0. The van der Waals surface area contributed by atoms with Gasteiger partial charge in [0.2, 0.25) is 10.0 Å². The molecule has 0 radical (unpaired) electrons. The number of likely N-dealkylation sites (tertiary alicyclic amines) is 1. The van der Waals surface area contributed by atoms with Crippen LogP contribution < -0.4 is 5.32 Å². The topological polar surface area (TPSA) is 74.2 Å². The predicted octanol–water partition coefficient (Wildman–Crippen LogP) is 0.736. The SMILES string of the molecule is CCNC(=NCCCN(C)S(=O)(=O)CC)N1CCC2(CCOC2)C1. The van der Waals surface area contributed by atoms with Crippen LogP contribution in [0.15, 0.2) is 4.99 Å². The second-order valence-corrected chi connectivity index (χ2v) is 9.15. The molecule has 2 fully saturated rings. The van der Waals surface area contributed by atoms with Crippen molar-refractivity contribution < 1.29 is 13.2 Å². The fourth-order valence-corrected chi connectivity index (χ4v) is 4.20. The largest absolute Gasteiger partial charge is 0.381 e. The lowest BCUT2D eigenvalue weighted by Crippen LogP contribution is -2.41. The number of ether oxygens (including phenoxy) is 1. The van der Waals surface area contributed by atoms with Crippen molar-refractivity contribution in [2.45, 2.75) is 33.1 Å². The van der Waals surface area contributed by atoms with E-state index in [0.29, 0.717) is 18.5 Å². The first-order chi connectivity index (χ1) is 11.4. The number of guanidine groups is 1. The van der Waals surface area contributed by atoms with Crippen LogP contribution in [-0.4, -0.2) is 82.3 Å². The molecule has 2 aliphatic rings. The van der Waals surface area contributed by atoms with Gasteiger partial charge in [-0.25, -0.2) is 12.7 Å². The Balaban J connectivity index is 1.85. The summed E-state index contributed by atoms with van der Waals surface area (Å²) in [6.07, 6.45) is 3.03. The van der Waals surface area contributed by atoms with Crippen LogP contribution in [0.5, 0.6) is 0 Å². The standard InChI is InChI=1S/C16H32N4O3S/c1-4-17-15(18-9-6-10-19(3)24(21,22)5-2)20-11-7-16(13-20)8-12-23-14-16/h4-14H2,1-3H3,(H,17,18). The minimum Gasteiger partial charge on any atom is -0.381 e. The van der Waals surface area contributed by atoms with Crippen LogP contribution in [0.3, 0.4) is 0 Å². The van der Waals surface area contributed by atoms with Crippen molar-refractivity contribution in [3.63, 3.8) is 0 Å². The predicted molar refractivity (Wildman–Crippen MR) is 96.7 cm³/mol. The summed E-state index contributed by atoms with van der Waals surface area (Å²) in [4.78, 5) is 7.02. The van der Waals surface area contributed by atoms with E-state index in [9.17, 15) is 8.42 Å². The van der Waals surface area contributed by atoms with Crippen molar-refractivity contribution in [2.24, 2.45) is 10.4 Å². The van der Waals surface area contributed by atoms with E-state index >= 15 is 0 Å². The van der Waals surface area contributed by atoms with Crippen LogP contribution in [-0.2, 0) is 14.8 Å². The highest BCUT2D eigenvalue weighted by molar-refractivity contribution is 7.89. The number of nitrogens with one attached hydrogen (secondary N) is 1. The monoisotopic (exact) mass is 360 g/mol. The zero-order valence-corrected chi connectivity index (χ0v) is 16.1. The molecule has 1 spiro atoms. The average Bonchev–Trinajstić information content (AvgIpc) is 3.20. The summed E-state index contributed by atoms with van der Waals surface area (Å²) in [5, 5.41) is 3.36. The van der Waals surface area contributed by atoms with Crippen molar-refractivity contribution in [1.82, 2.24) is 14.5 Å². The molecule has 2 saturated heterocycles. The van der Waals surface area contributed by atoms with E-state index in [2.05, 4.69) is 17.1 Å². The molecule has 1 unspecified atom stereocenters. The van der Waals surface area contributed by atoms with Gasteiger partial charge in [0.25, 0.3) is 0 Å². The summed E-state index contributed by atoms with van der Waals surface area (Å²) in [5.74, 6) is 1.09. The van der Waals surface area contributed by atoms with Crippen LogP contribution >= 0.6 is 0 Å². The normalized spacial score (nSPS) is 25.2. The molecule has 0 bridgehead atoms. The number of hydrogen-bond acceptors (Lipinski definition) is 4.